The van der Waals surface area contributed by atoms with Gasteiger partial charge in [0.15, 0.2) is 0 Å². The lowest BCUT2D eigenvalue weighted by Gasteiger charge is -2.24. The fourth-order valence-electron chi connectivity index (χ4n) is 1.47. The molecule has 0 spiro atoms. The molecule has 0 aliphatic carbocycles. The molecule has 3 heteroatoms. The molecule has 1 fully saturated rings. The van der Waals surface area contributed by atoms with Gasteiger partial charge >= 0.3 is 0 Å². The molecule has 1 rings (SSSR count). The molecular weight excluding hydrogens is 169 g/mol. The van der Waals surface area contributed by atoms with Crippen molar-refractivity contribution in [3.8, 4) is 0 Å². The molecule has 0 unspecified atom stereocenters. The highest BCUT2D eigenvalue weighted by Crippen LogP contribution is 2.40. The molecule has 2 nitrogen and oxygen atoms in total. The molecule has 0 aromatic heterocycles. The van der Waals surface area contributed by atoms with Gasteiger partial charge in [-0.2, -0.15) is 0 Å². The Hall–Kier alpha value is -0.0700. The van der Waals surface area contributed by atoms with Crippen molar-refractivity contribution in [1.82, 2.24) is 4.90 Å². The van der Waals surface area contributed by atoms with E-state index in [1.54, 1.807) is 0 Å². The van der Waals surface area contributed by atoms with Gasteiger partial charge in [-0.05, 0) is 39.0 Å². The minimum absolute atomic E-state index is 1.10. The standard InChI is InChI=1S/C9H18NOP/c1-10-6-4-9(5-7-10)8-12(2,3)11/h8H,4-7H2,1-3H3. The van der Waals surface area contributed by atoms with Crippen LogP contribution in [0.4, 0.5) is 0 Å². The van der Waals surface area contributed by atoms with Gasteiger partial charge in [-0.15, -0.1) is 0 Å². The molecule has 70 valence electrons. The van der Waals surface area contributed by atoms with Crippen molar-refractivity contribution in [2.45, 2.75) is 12.8 Å². The van der Waals surface area contributed by atoms with E-state index in [2.05, 4.69) is 11.9 Å². The molecule has 0 amide bonds. The van der Waals surface area contributed by atoms with Gasteiger partial charge in [0, 0.05) is 13.1 Å². The molecule has 1 saturated heterocycles. The maximum absolute atomic E-state index is 11.5. The predicted octanol–water partition coefficient (Wildman–Crippen LogP) is 2.22. The predicted molar refractivity (Wildman–Crippen MR) is 54.3 cm³/mol. The van der Waals surface area contributed by atoms with Gasteiger partial charge < -0.3 is 9.46 Å². The minimum atomic E-state index is -1.93. The lowest BCUT2D eigenvalue weighted by Crippen LogP contribution is -2.26. The maximum atomic E-state index is 11.5. The molecule has 0 N–H and O–H groups in total. The molecule has 0 atom stereocenters. The molecule has 1 aliphatic rings. The Morgan fingerprint density at radius 1 is 1.33 bits per heavy atom. The van der Waals surface area contributed by atoms with E-state index >= 15 is 0 Å². The summed E-state index contributed by atoms with van der Waals surface area (Å²) in [4.78, 5) is 2.31. The van der Waals surface area contributed by atoms with Crippen molar-refractivity contribution in [3.63, 3.8) is 0 Å². The number of hydrogen-bond donors (Lipinski definition) is 0. The van der Waals surface area contributed by atoms with Gasteiger partial charge in [0.05, 0.1) is 0 Å². The van der Waals surface area contributed by atoms with Crippen LogP contribution in [0, 0.1) is 0 Å². The molecule has 0 saturated carbocycles. The number of nitrogens with zero attached hydrogens (tertiary/aromatic N) is 1. The summed E-state index contributed by atoms with van der Waals surface area (Å²) in [6, 6.07) is 0. The first-order valence-electron chi connectivity index (χ1n) is 4.41. The van der Waals surface area contributed by atoms with Crippen molar-refractivity contribution < 1.29 is 4.57 Å². The van der Waals surface area contributed by atoms with E-state index in [1.807, 2.05) is 19.1 Å². The average molecular weight is 187 g/mol. The molecule has 1 aliphatic heterocycles. The highest BCUT2D eigenvalue weighted by Gasteiger charge is 2.12. The molecule has 0 radical (unpaired) electrons. The highest BCUT2D eigenvalue weighted by atomic mass is 31.2. The number of hydrogen-bond acceptors (Lipinski definition) is 2. The van der Waals surface area contributed by atoms with E-state index < -0.39 is 7.14 Å². The second-order valence-electron chi connectivity index (χ2n) is 4.02. The Morgan fingerprint density at radius 2 is 1.83 bits per heavy atom. The zero-order chi connectivity index (χ0) is 9.19. The maximum Gasteiger partial charge on any atom is 0.102 e. The van der Waals surface area contributed by atoms with E-state index in [-0.39, 0.29) is 0 Å². The fraction of sp³-hybridized carbons (Fsp3) is 0.778. The van der Waals surface area contributed by atoms with Crippen LogP contribution in [-0.2, 0) is 4.57 Å². The summed E-state index contributed by atoms with van der Waals surface area (Å²) in [5.74, 6) is 2.00. The minimum Gasteiger partial charge on any atom is -0.320 e. The summed E-state index contributed by atoms with van der Waals surface area (Å²) < 4.78 is 11.5. The first-order valence-corrected chi connectivity index (χ1v) is 7.08. The summed E-state index contributed by atoms with van der Waals surface area (Å²) in [6.45, 7) is 5.90. The smallest absolute Gasteiger partial charge is 0.102 e. The van der Waals surface area contributed by atoms with Gasteiger partial charge in [0.1, 0.15) is 7.14 Å². The Kier molecular flexibility index (Phi) is 3.14. The third-order valence-electron chi connectivity index (χ3n) is 2.12. The van der Waals surface area contributed by atoms with Crippen LogP contribution >= 0.6 is 7.14 Å². The Bertz CT molecular complexity index is 219. The molecule has 1 heterocycles. The Morgan fingerprint density at radius 3 is 2.25 bits per heavy atom. The van der Waals surface area contributed by atoms with Gasteiger partial charge in [0.2, 0.25) is 0 Å². The molecule has 12 heavy (non-hydrogen) atoms. The van der Waals surface area contributed by atoms with E-state index in [9.17, 15) is 4.57 Å². The molecule has 0 aromatic rings. The van der Waals surface area contributed by atoms with Crippen molar-refractivity contribution in [1.29, 1.82) is 0 Å². The highest BCUT2D eigenvalue weighted by molar-refractivity contribution is 7.65. The zero-order valence-corrected chi connectivity index (χ0v) is 9.10. The second kappa shape index (κ2) is 3.76. The first kappa shape index (κ1) is 10.0. The average Bonchev–Trinajstić information content (AvgIpc) is 1.91. The van der Waals surface area contributed by atoms with Gasteiger partial charge in [0.25, 0.3) is 0 Å². The monoisotopic (exact) mass is 187 g/mol. The van der Waals surface area contributed by atoms with E-state index in [0.29, 0.717) is 0 Å². The van der Waals surface area contributed by atoms with Crippen LogP contribution in [0.1, 0.15) is 12.8 Å². The summed E-state index contributed by atoms with van der Waals surface area (Å²) in [5.41, 5.74) is 1.39. The first-order chi connectivity index (χ1) is 5.47. The number of piperidine rings is 1. The molecule has 0 aromatic carbocycles. The van der Waals surface area contributed by atoms with Crippen LogP contribution in [0.25, 0.3) is 0 Å². The molecule has 0 bridgehead atoms. The van der Waals surface area contributed by atoms with Crippen molar-refractivity contribution in [3.05, 3.63) is 11.4 Å². The molecular formula is C9H18NOP. The summed E-state index contributed by atoms with van der Waals surface area (Å²) in [7, 11) is 0.199. The van der Waals surface area contributed by atoms with E-state index in [0.717, 1.165) is 25.9 Å². The van der Waals surface area contributed by atoms with Gasteiger partial charge in [-0.1, -0.05) is 5.57 Å². The van der Waals surface area contributed by atoms with Crippen LogP contribution in [0.5, 0.6) is 0 Å². The van der Waals surface area contributed by atoms with E-state index in [4.69, 9.17) is 0 Å². The fourth-order valence-corrected chi connectivity index (χ4v) is 2.61. The van der Waals surface area contributed by atoms with Gasteiger partial charge in [-0.3, -0.25) is 0 Å². The van der Waals surface area contributed by atoms with Crippen molar-refractivity contribution in [2.75, 3.05) is 33.5 Å². The van der Waals surface area contributed by atoms with Crippen LogP contribution < -0.4 is 0 Å². The number of likely N-dealkylation sites (tertiary alicyclic amines) is 1. The van der Waals surface area contributed by atoms with E-state index in [1.165, 1.54) is 5.57 Å². The van der Waals surface area contributed by atoms with Crippen LogP contribution in [-0.4, -0.2) is 38.4 Å². The number of rotatable bonds is 1. The van der Waals surface area contributed by atoms with Crippen LogP contribution in [0.2, 0.25) is 0 Å². The lowest BCUT2D eigenvalue weighted by atomic mass is 10.1. The Labute approximate surface area is 75.0 Å². The summed E-state index contributed by atoms with van der Waals surface area (Å²) in [5, 5.41) is 0. The largest absolute Gasteiger partial charge is 0.320 e. The third-order valence-corrected chi connectivity index (χ3v) is 3.11. The zero-order valence-electron chi connectivity index (χ0n) is 8.21. The normalized spacial score (nSPS) is 21.1. The quantitative estimate of drug-likeness (QED) is 0.587. The van der Waals surface area contributed by atoms with Crippen molar-refractivity contribution >= 4 is 7.14 Å². The van der Waals surface area contributed by atoms with Crippen LogP contribution in [0.15, 0.2) is 11.4 Å². The summed E-state index contributed by atoms with van der Waals surface area (Å²) in [6.07, 6.45) is 2.20. The van der Waals surface area contributed by atoms with Gasteiger partial charge in [-0.25, -0.2) is 0 Å². The summed E-state index contributed by atoms with van der Waals surface area (Å²) >= 11 is 0. The van der Waals surface area contributed by atoms with Crippen molar-refractivity contribution in [2.24, 2.45) is 0 Å². The second-order valence-corrected chi connectivity index (χ2v) is 7.15. The SMILES string of the molecule is CN1CCC(=CP(C)(C)=O)CC1. The topological polar surface area (TPSA) is 20.3 Å². The Balaban J connectivity index is 2.55. The lowest BCUT2D eigenvalue weighted by molar-refractivity contribution is 0.312. The van der Waals surface area contributed by atoms with Crippen LogP contribution in [0.3, 0.4) is 0 Å². The third kappa shape index (κ3) is 3.55.